The average molecular weight is 873 g/mol. The summed E-state index contributed by atoms with van der Waals surface area (Å²) in [4.78, 5) is 34.2. The van der Waals surface area contributed by atoms with E-state index < -0.39 is 22.8 Å². The molecule has 4 aromatic carbocycles. The molecule has 6 rings (SSSR count). The molecule has 4 aromatic rings. The number of carbonyl (C=O) groups excluding carboxylic acids is 2. The number of ether oxygens (including phenoxy) is 2. The predicted molar refractivity (Wildman–Crippen MR) is 214 cm³/mol. The molecule has 0 N–H and O–H groups in total. The molecule has 0 bridgehead atoms. The minimum absolute atomic E-state index is 0. The molecule has 10 heteroatoms. The van der Waals surface area contributed by atoms with Gasteiger partial charge in [-0.15, -0.1) is 0 Å². The molecule has 55 heavy (non-hydrogen) atoms. The summed E-state index contributed by atoms with van der Waals surface area (Å²) in [5, 5.41) is 0. The van der Waals surface area contributed by atoms with Crippen molar-refractivity contribution in [3.05, 3.63) is 112 Å². The van der Waals surface area contributed by atoms with Gasteiger partial charge in [-0.1, -0.05) is 0 Å². The van der Waals surface area contributed by atoms with Gasteiger partial charge >= 0.3 is 325 Å². The number of nitrogens with zero attached hydrogens (tertiary/aromatic N) is 3. The van der Waals surface area contributed by atoms with Crippen molar-refractivity contribution in [3.8, 4) is 11.5 Å². The van der Waals surface area contributed by atoms with Crippen LogP contribution >= 0.6 is 0 Å². The van der Waals surface area contributed by atoms with Crippen molar-refractivity contribution in [1.29, 1.82) is 0 Å². The number of methoxy groups -OCH3 is 1. The Bertz CT molecular complexity index is 1890. The zero-order valence-electron chi connectivity index (χ0n) is 33.5. The van der Waals surface area contributed by atoms with Gasteiger partial charge < -0.3 is 24.8 Å². The Labute approximate surface area is 347 Å². The molecule has 0 aromatic heterocycles. The summed E-state index contributed by atoms with van der Waals surface area (Å²) in [5.41, 5.74) is 10.0. The van der Waals surface area contributed by atoms with Crippen LogP contribution in [0.1, 0.15) is 124 Å². The van der Waals surface area contributed by atoms with Crippen molar-refractivity contribution < 1.29 is 60.6 Å². The molecule has 0 aliphatic carbocycles. The van der Waals surface area contributed by atoms with E-state index in [-0.39, 0.29) is 41.4 Å². The van der Waals surface area contributed by atoms with Crippen LogP contribution in [-0.2, 0) is 21.5 Å². The second kappa shape index (κ2) is 18.5. The Morgan fingerprint density at radius 2 is 1.18 bits per heavy atom. The van der Waals surface area contributed by atoms with Crippen LogP contribution in [0.2, 0.25) is 0 Å². The number of amides is 2. The zero-order valence-corrected chi connectivity index (χ0v) is 36.8. The smallest absolute Gasteiger partial charge is 1.00 e. The first-order valence-corrected chi connectivity index (χ1v) is 20.9. The maximum atomic E-state index is 13.9. The first kappa shape index (κ1) is 44.0. The summed E-state index contributed by atoms with van der Waals surface area (Å²) in [6.45, 7) is 21.9. The van der Waals surface area contributed by atoms with Crippen molar-refractivity contribution in [2.24, 2.45) is 0 Å². The van der Waals surface area contributed by atoms with Gasteiger partial charge in [-0.2, -0.15) is 0 Å². The van der Waals surface area contributed by atoms with Gasteiger partial charge in [-0.3, -0.25) is 0 Å². The van der Waals surface area contributed by atoms with Crippen LogP contribution < -0.4 is 49.0 Å². The largest absolute Gasteiger partial charge is 1.00 e. The maximum Gasteiger partial charge on any atom is -1.00 e. The molecular formula is C45H54Cl2N3O4Ru. The summed E-state index contributed by atoms with van der Waals surface area (Å²) in [6.07, 6.45) is -0.812. The van der Waals surface area contributed by atoms with E-state index >= 15 is 0 Å². The number of halogens is 2. The van der Waals surface area contributed by atoms with Gasteiger partial charge in [0, 0.05) is 0 Å². The minimum Gasteiger partial charge on any atom is -1.00 e. The quantitative estimate of drug-likeness (QED) is 0.179. The van der Waals surface area contributed by atoms with Gasteiger partial charge in [-0.25, -0.2) is 0 Å². The van der Waals surface area contributed by atoms with E-state index in [1.807, 2.05) is 12.1 Å². The number of carbonyl (C=O) groups is 2. The summed E-state index contributed by atoms with van der Waals surface area (Å²) >= 11 is -0.445. The summed E-state index contributed by atoms with van der Waals surface area (Å²) < 4.78 is 14.1. The Hall–Kier alpha value is -3.71. The van der Waals surface area contributed by atoms with Crippen LogP contribution in [0.5, 0.6) is 11.5 Å². The molecule has 2 aliphatic heterocycles. The van der Waals surface area contributed by atoms with Gasteiger partial charge in [0.25, 0.3) is 0 Å². The third-order valence-electron chi connectivity index (χ3n) is 10.3. The monoisotopic (exact) mass is 872 g/mol. The van der Waals surface area contributed by atoms with Crippen molar-refractivity contribution in [1.82, 2.24) is 0 Å². The van der Waals surface area contributed by atoms with Gasteiger partial charge in [-0.05, 0) is 0 Å². The van der Waals surface area contributed by atoms with E-state index in [1.165, 1.54) is 38.5 Å². The van der Waals surface area contributed by atoms with E-state index in [4.69, 9.17) is 9.47 Å². The molecule has 2 amide bonds. The molecule has 0 radical (unpaired) electrons. The number of imide groups is 1. The Morgan fingerprint density at radius 1 is 0.727 bits per heavy atom. The molecule has 0 spiro atoms. The molecular weight excluding hydrogens is 818 g/mol. The summed E-state index contributed by atoms with van der Waals surface area (Å²) in [5.74, 6) is 1.94. The normalized spacial score (nSPS) is 15.9. The third-order valence-corrected chi connectivity index (χ3v) is 12.7. The summed E-state index contributed by atoms with van der Waals surface area (Å²) in [6, 6.07) is 26.3. The van der Waals surface area contributed by atoms with Crippen LogP contribution in [0.4, 0.5) is 17.1 Å². The van der Waals surface area contributed by atoms with E-state index in [1.54, 1.807) is 38.3 Å². The van der Waals surface area contributed by atoms with E-state index in [0.717, 1.165) is 18.7 Å². The fourth-order valence-corrected chi connectivity index (χ4v) is 9.97. The topological polar surface area (TPSA) is 62.3 Å². The first-order valence-electron chi connectivity index (χ1n) is 18.9. The second-order valence-corrected chi connectivity index (χ2v) is 17.2. The van der Waals surface area contributed by atoms with Gasteiger partial charge in [0.2, 0.25) is 0 Å². The van der Waals surface area contributed by atoms with E-state index in [2.05, 4.69) is 112 Å². The number of fused-ring (bicyclic) bond motifs is 1. The third kappa shape index (κ3) is 8.67. The Morgan fingerprint density at radius 3 is 1.62 bits per heavy atom. The van der Waals surface area contributed by atoms with Gasteiger partial charge in [0.1, 0.15) is 0 Å². The van der Waals surface area contributed by atoms with Gasteiger partial charge in [0.15, 0.2) is 0 Å². The number of rotatable bonds is 10. The molecule has 1 fully saturated rings. The fourth-order valence-electron chi connectivity index (χ4n) is 7.48. The van der Waals surface area contributed by atoms with E-state index in [0.29, 0.717) is 46.4 Å². The molecule has 2 heterocycles. The number of benzene rings is 4. The SMILES string of the molecule is COc1ccc(C(=O)N2C(=O)C(C)Oc3c(/[CH]=[Ru+2]/[CH]4N(c5c(C(C)C)cccc5C(C)C)CCN4c4c(C(C)C)cccc4C(C)C)cccc32)cc1.[Cl-].[Cl-]. The zero-order chi connectivity index (χ0) is 38.1. The summed E-state index contributed by atoms with van der Waals surface area (Å²) in [7, 11) is 1.59. The molecule has 1 saturated heterocycles. The van der Waals surface area contributed by atoms with Crippen molar-refractivity contribution in [2.45, 2.75) is 96.8 Å². The molecule has 2 aliphatic rings. The number of para-hydroxylation sites is 3. The molecule has 7 nitrogen and oxygen atoms in total. The predicted octanol–water partition coefficient (Wildman–Crippen LogP) is 3.69. The maximum absolute atomic E-state index is 13.9. The number of hydrogen-bond acceptors (Lipinski definition) is 6. The van der Waals surface area contributed by atoms with Crippen LogP contribution in [0.3, 0.4) is 0 Å². The number of anilines is 3. The van der Waals surface area contributed by atoms with Crippen molar-refractivity contribution >= 4 is 33.5 Å². The van der Waals surface area contributed by atoms with Crippen LogP contribution in [0, 0.1) is 0 Å². The van der Waals surface area contributed by atoms with Crippen LogP contribution in [0.25, 0.3) is 0 Å². The molecule has 295 valence electrons. The van der Waals surface area contributed by atoms with Crippen LogP contribution in [0.15, 0.2) is 78.9 Å². The number of hydrogen-bond donors (Lipinski definition) is 0. The fraction of sp³-hybridized carbons (Fsp3) is 0.400. The Kier molecular flexibility index (Phi) is 14.8. The second-order valence-electron chi connectivity index (χ2n) is 15.3. The molecule has 1 atom stereocenters. The minimum atomic E-state index is -0.812. The average Bonchev–Trinajstić information content (AvgIpc) is 3.56. The van der Waals surface area contributed by atoms with Crippen molar-refractivity contribution in [3.63, 3.8) is 0 Å². The molecule has 0 saturated carbocycles. The van der Waals surface area contributed by atoms with Crippen LogP contribution in [-0.4, -0.2) is 47.5 Å². The van der Waals surface area contributed by atoms with E-state index in [9.17, 15) is 9.59 Å². The molecule has 1 unspecified atom stereocenters. The van der Waals surface area contributed by atoms with Crippen molar-refractivity contribution in [2.75, 3.05) is 34.9 Å². The Balaban J connectivity index is 0.00000336. The standard InChI is InChI=1S/C27H39N2.C18H15NO4.2ClH.Ru/c1-18(2)22-11-9-12-23(19(3)4)26(22)28-15-16-29(17-28)27-24(20(5)6)13-10-14-25(27)21(7)8;1-11-5-4-6-15-16(11)23-12(2)17(20)19(15)18(21)13-7-9-14(22-3)10-8-13;;;/h9-14,17-21H,15-16H2,1-8H3;1,4-10,12H,2-3H3;2*1H;/q;;;;+2/p-2. The first-order chi connectivity index (χ1) is 25.3. The van der Waals surface area contributed by atoms with Gasteiger partial charge in [0.05, 0.1) is 0 Å².